The number of hydrogen-bond acceptors (Lipinski definition) is 3. The van der Waals surface area contributed by atoms with E-state index in [1.165, 1.54) is 7.11 Å². The molecule has 0 saturated carbocycles. The van der Waals surface area contributed by atoms with Gasteiger partial charge in [0, 0.05) is 12.8 Å². The molecule has 0 bridgehead atoms. The van der Waals surface area contributed by atoms with Crippen LogP contribution >= 0.6 is 0 Å². The number of hydrogen-bond donors (Lipinski definition) is 2. The maximum absolute atomic E-state index is 11.8. The molecule has 0 aliphatic rings. The van der Waals surface area contributed by atoms with Gasteiger partial charge in [0.15, 0.2) is 0 Å². The fourth-order valence-electron chi connectivity index (χ4n) is 1.62. The van der Waals surface area contributed by atoms with Crippen LogP contribution in [0.1, 0.15) is 18.9 Å². The van der Waals surface area contributed by atoms with Crippen molar-refractivity contribution < 1.29 is 19.4 Å². The van der Waals surface area contributed by atoms with Crippen molar-refractivity contribution in [1.29, 1.82) is 0 Å². The van der Waals surface area contributed by atoms with Gasteiger partial charge in [0.25, 0.3) is 5.91 Å². The van der Waals surface area contributed by atoms with Crippen molar-refractivity contribution in [3.63, 3.8) is 0 Å². The molecule has 1 aromatic rings. The molecule has 0 saturated heterocycles. The van der Waals surface area contributed by atoms with E-state index in [0.717, 1.165) is 0 Å². The van der Waals surface area contributed by atoms with E-state index in [9.17, 15) is 9.59 Å². The molecule has 0 aromatic heterocycles. The van der Waals surface area contributed by atoms with Crippen LogP contribution in [-0.4, -0.2) is 30.2 Å². The molecule has 0 radical (unpaired) electrons. The fourth-order valence-corrected chi connectivity index (χ4v) is 1.62. The zero-order chi connectivity index (χ0) is 13.5. The van der Waals surface area contributed by atoms with Gasteiger partial charge in [-0.15, -0.1) is 0 Å². The molecule has 1 amide bonds. The maximum Gasteiger partial charge on any atom is 0.307 e. The molecular weight excluding hydrogens is 234 g/mol. The molecule has 0 fully saturated rings. The summed E-state index contributed by atoms with van der Waals surface area (Å²) < 4.78 is 5.02. The van der Waals surface area contributed by atoms with Gasteiger partial charge in [0.1, 0.15) is 6.10 Å². The van der Waals surface area contributed by atoms with Gasteiger partial charge in [-0.2, -0.15) is 0 Å². The molecule has 1 unspecified atom stereocenters. The van der Waals surface area contributed by atoms with Crippen LogP contribution in [0.3, 0.4) is 0 Å². The van der Waals surface area contributed by atoms with Crippen LogP contribution in [0.2, 0.25) is 0 Å². The summed E-state index contributed by atoms with van der Waals surface area (Å²) in [7, 11) is 1.48. The number of nitrogens with one attached hydrogen (secondary N) is 1. The lowest BCUT2D eigenvalue weighted by atomic mass is 10.1. The van der Waals surface area contributed by atoms with Gasteiger partial charge in [0.2, 0.25) is 0 Å². The monoisotopic (exact) mass is 251 g/mol. The van der Waals surface area contributed by atoms with Gasteiger partial charge < -0.3 is 15.2 Å². The molecule has 18 heavy (non-hydrogen) atoms. The predicted octanol–water partition coefficient (Wildman–Crippen LogP) is 1.68. The Bertz CT molecular complexity index is 427. The van der Waals surface area contributed by atoms with Crippen LogP contribution in [0.4, 0.5) is 5.69 Å². The molecule has 0 aliphatic heterocycles. The number of ether oxygens (including phenoxy) is 1. The van der Waals surface area contributed by atoms with Crippen molar-refractivity contribution in [2.24, 2.45) is 0 Å². The molecule has 1 rings (SSSR count). The van der Waals surface area contributed by atoms with Gasteiger partial charge in [-0.3, -0.25) is 9.59 Å². The lowest BCUT2D eigenvalue weighted by Gasteiger charge is -2.13. The molecule has 1 atom stereocenters. The minimum atomic E-state index is -0.901. The van der Waals surface area contributed by atoms with E-state index in [1.807, 2.05) is 6.92 Å². The highest BCUT2D eigenvalue weighted by Crippen LogP contribution is 2.12. The molecule has 2 N–H and O–H groups in total. The summed E-state index contributed by atoms with van der Waals surface area (Å²) in [5.74, 6) is -1.13. The molecular formula is C13H17NO4. The highest BCUT2D eigenvalue weighted by atomic mass is 16.5. The number of carbonyl (C=O) groups excluding carboxylic acids is 1. The number of rotatable bonds is 6. The van der Waals surface area contributed by atoms with Crippen molar-refractivity contribution in [3.8, 4) is 0 Å². The number of anilines is 1. The second-order valence-electron chi connectivity index (χ2n) is 3.89. The first-order valence-electron chi connectivity index (χ1n) is 5.71. The third kappa shape index (κ3) is 4.18. The average molecular weight is 251 g/mol. The standard InChI is InChI=1S/C13H17NO4/c1-3-11(18-2)13(17)14-10-6-4-5-9(7-10)8-12(15)16/h4-7,11H,3,8H2,1-2H3,(H,14,17)(H,15,16). The number of carbonyl (C=O) groups is 2. The van der Waals surface area contributed by atoms with E-state index in [4.69, 9.17) is 9.84 Å². The Morgan fingerprint density at radius 2 is 2.17 bits per heavy atom. The Labute approximate surface area is 106 Å². The first-order chi connectivity index (χ1) is 8.56. The first-order valence-corrected chi connectivity index (χ1v) is 5.71. The summed E-state index contributed by atoms with van der Waals surface area (Å²) >= 11 is 0. The van der Waals surface area contributed by atoms with Gasteiger partial charge in [0.05, 0.1) is 6.42 Å². The maximum atomic E-state index is 11.8. The quantitative estimate of drug-likeness (QED) is 0.806. The highest BCUT2D eigenvalue weighted by Gasteiger charge is 2.15. The Balaban J connectivity index is 2.72. The Hall–Kier alpha value is -1.88. The summed E-state index contributed by atoms with van der Waals surface area (Å²) in [5.41, 5.74) is 1.22. The topological polar surface area (TPSA) is 75.6 Å². The van der Waals surface area contributed by atoms with Crippen LogP contribution in [0, 0.1) is 0 Å². The van der Waals surface area contributed by atoms with Crippen molar-refractivity contribution in [2.75, 3.05) is 12.4 Å². The van der Waals surface area contributed by atoms with Crippen LogP contribution in [0.5, 0.6) is 0 Å². The normalized spacial score (nSPS) is 11.9. The van der Waals surface area contributed by atoms with Crippen molar-refractivity contribution >= 4 is 17.6 Å². The minimum Gasteiger partial charge on any atom is -0.481 e. The molecule has 5 nitrogen and oxygen atoms in total. The van der Waals surface area contributed by atoms with Gasteiger partial charge in [-0.05, 0) is 24.1 Å². The summed E-state index contributed by atoms with van der Waals surface area (Å²) in [6, 6.07) is 6.78. The highest BCUT2D eigenvalue weighted by molar-refractivity contribution is 5.94. The van der Waals surface area contributed by atoms with Crippen molar-refractivity contribution in [1.82, 2.24) is 0 Å². The Morgan fingerprint density at radius 3 is 2.72 bits per heavy atom. The largest absolute Gasteiger partial charge is 0.481 e. The predicted molar refractivity (Wildman–Crippen MR) is 67.5 cm³/mol. The van der Waals surface area contributed by atoms with Crippen LogP contribution in [0.15, 0.2) is 24.3 Å². The summed E-state index contributed by atoms with van der Waals surface area (Å²) in [4.78, 5) is 22.4. The number of methoxy groups -OCH3 is 1. The molecule has 98 valence electrons. The number of carboxylic acids is 1. The molecule has 0 aliphatic carbocycles. The molecule has 0 heterocycles. The zero-order valence-electron chi connectivity index (χ0n) is 10.5. The van der Waals surface area contributed by atoms with E-state index in [2.05, 4.69) is 5.32 Å². The molecule has 0 spiro atoms. The second kappa shape index (κ2) is 6.76. The third-order valence-electron chi connectivity index (χ3n) is 2.50. The van der Waals surface area contributed by atoms with Crippen LogP contribution < -0.4 is 5.32 Å². The first kappa shape index (κ1) is 14.2. The molecule has 5 heteroatoms. The number of amides is 1. The van der Waals surface area contributed by atoms with Crippen molar-refractivity contribution in [2.45, 2.75) is 25.9 Å². The van der Waals surface area contributed by atoms with Gasteiger partial charge >= 0.3 is 5.97 Å². The third-order valence-corrected chi connectivity index (χ3v) is 2.50. The zero-order valence-corrected chi connectivity index (χ0v) is 10.5. The summed E-state index contributed by atoms with van der Waals surface area (Å²) in [5, 5.41) is 11.4. The van der Waals surface area contributed by atoms with E-state index >= 15 is 0 Å². The van der Waals surface area contributed by atoms with E-state index in [1.54, 1.807) is 24.3 Å². The van der Waals surface area contributed by atoms with Crippen LogP contribution in [-0.2, 0) is 20.7 Å². The SMILES string of the molecule is CCC(OC)C(=O)Nc1cccc(CC(=O)O)c1. The lowest BCUT2D eigenvalue weighted by Crippen LogP contribution is -2.28. The van der Waals surface area contributed by atoms with Crippen LogP contribution in [0.25, 0.3) is 0 Å². The lowest BCUT2D eigenvalue weighted by molar-refractivity contribution is -0.136. The minimum absolute atomic E-state index is 0.0643. The summed E-state index contributed by atoms with van der Waals surface area (Å²) in [6.07, 6.45) is 0.0237. The molecule has 1 aromatic carbocycles. The number of carboxylic acid groups (broad SMARTS) is 1. The number of aliphatic carboxylic acids is 1. The smallest absolute Gasteiger partial charge is 0.307 e. The van der Waals surface area contributed by atoms with E-state index < -0.39 is 12.1 Å². The van der Waals surface area contributed by atoms with Gasteiger partial charge in [-0.1, -0.05) is 19.1 Å². The Morgan fingerprint density at radius 1 is 1.44 bits per heavy atom. The Kier molecular flexibility index (Phi) is 5.32. The average Bonchev–Trinajstić information content (AvgIpc) is 2.30. The second-order valence-corrected chi connectivity index (χ2v) is 3.89. The van der Waals surface area contributed by atoms with Crippen molar-refractivity contribution in [3.05, 3.63) is 29.8 Å². The van der Waals surface area contributed by atoms with E-state index in [0.29, 0.717) is 17.7 Å². The summed E-state index contributed by atoms with van der Waals surface area (Å²) in [6.45, 7) is 1.86. The fraction of sp³-hybridized carbons (Fsp3) is 0.385. The number of benzene rings is 1. The van der Waals surface area contributed by atoms with E-state index in [-0.39, 0.29) is 12.3 Å². The van der Waals surface area contributed by atoms with Gasteiger partial charge in [-0.25, -0.2) is 0 Å².